The third-order valence-corrected chi connectivity index (χ3v) is 3.78. The van der Waals surface area contributed by atoms with Gasteiger partial charge in [-0.3, -0.25) is 16.3 Å². The highest BCUT2D eigenvalue weighted by atomic mass is 35.5. The molecule has 20 heavy (non-hydrogen) atoms. The molecule has 1 atom stereocenters. The summed E-state index contributed by atoms with van der Waals surface area (Å²) in [5.41, 5.74) is 6.21. The Labute approximate surface area is 122 Å². The predicted molar refractivity (Wildman–Crippen MR) is 78.7 cm³/mol. The standard InChI is InChI=1S/C15H16ClN3O/c16-13-7-11-3-6-20-15(11)12(8-13)9-14(19-17)10-1-4-18-5-2-10/h1-2,4-5,7-8,14,19H,3,6,9,17H2. The number of fused-ring (bicyclic) bond motifs is 1. The Morgan fingerprint density at radius 3 is 2.90 bits per heavy atom. The van der Waals surface area contributed by atoms with Gasteiger partial charge in [-0.15, -0.1) is 0 Å². The Bertz CT molecular complexity index is 604. The van der Waals surface area contributed by atoms with E-state index in [1.165, 1.54) is 5.56 Å². The molecule has 2 heterocycles. The maximum Gasteiger partial charge on any atom is 0.125 e. The number of rotatable bonds is 4. The number of aromatic nitrogens is 1. The predicted octanol–water partition coefficient (Wildman–Crippen LogP) is 2.42. The Hall–Kier alpha value is -1.62. The molecule has 3 rings (SSSR count). The number of hydrogen-bond donors (Lipinski definition) is 2. The van der Waals surface area contributed by atoms with Gasteiger partial charge in [-0.2, -0.15) is 0 Å². The Kier molecular flexibility index (Phi) is 3.87. The first-order valence-corrected chi connectivity index (χ1v) is 6.96. The number of nitrogens with two attached hydrogens (primary N) is 1. The second-order valence-corrected chi connectivity index (χ2v) is 5.29. The lowest BCUT2D eigenvalue weighted by Crippen LogP contribution is -2.29. The molecule has 1 aromatic heterocycles. The van der Waals surface area contributed by atoms with Crippen molar-refractivity contribution in [2.45, 2.75) is 18.9 Å². The fourth-order valence-corrected chi connectivity index (χ4v) is 2.85. The van der Waals surface area contributed by atoms with Crippen molar-refractivity contribution < 1.29 is 4.74 Å². The zero-order chi connectivity index (χ0) is 13.9. The first-order valence-electron chi connectivity index (χ1n) is 6.58. The van der Waals surface area contributed by atoms with E-state index in [4.69, 9.17) is 22.2 Å². The van der Waals surface area contributed by atoms with Crippen LogP contribution in [0, 0.1) is 0 Å². The molecule has 0 radical (unpaired) electrons. The fraction of sp³-hybridized carbons (Fsp3) is 0.267. The Morgan fingerprint density at radius 2 is 2.15 bits per heavy atom. The highest BCUT2D eigenvalue weighted by molar-refractivity contribution is 6.30. The van der Waals surface area contributed by atoms with Crippen LogP contribution >= 0.6 is 11.6 Å². The quantitative estimate of drug-likeness (QED) is 0.670. The van der Waals surface area contributed by atoms with Crippen molar-refractivity contribution in [2.24, 2.45) is 5.84 Å². The van der Waals surface area contributed by atoms with E-state index < -0.39 is 0 Å². The van der Waals surface area contributed by atoms with Crippen LogP contribution in [0.2, 0.25) is 5.02 Å². The van der Waals surface area contributed by atoms with Gasteiger partial charge in [-0.25, -0.2) is 0 Å². The van der Waals surface area contributed by atoms with Crippen LogP contribution in [0.3, 0.4) is 0 Å². The molecule has 0 spiro atoms. The number of ether oxygens (including phenoxy) is 1. The molecule has 2 aromatic rings. The zero-order valence-corrected chi connectivity index (χ0v) is 11.7. The van der Waals surface area contributed by atoms with E-state index in [0.29, 0.717) is 0 Å². The monoisotopic (exact) mass is 289 g/mol. The average molecular weight is 290 g/mol. The second kappa shape index (κ2) is 5.79. The first kappa shape index (κ1) is 13.4. The minimum atomic E-state index is 0.00441. The first-order chi connectivity index (χ1) is 9.78. The maximum absolute atomic E-state index is 6.18. The van der Waals surface area contributed by atoms with E-state index in [2.05, 4.69) is 10.4 Å². The average Bonchev–Trinajstić information content (AvgIpc) is 2.93. The molecule has 0 saturated carbocycles. The Morgan fingerprint density at radius 1 is 1.35 bits per heavy atom. The molecule has 3 N–H and O–H groups in total. The Balaban J connectivity index is 1.91. The van der Waals surface area contributed by atoms with Gasteiger partial charge in [0.15, 0.2) is 0 Å². The highest BCUT2D eigenvalue weighted by Crippen LogP contribution is 2.35. The molecule has 1 aliphatic rings. The van der Waals surface area contributed by atoms with E-state index >= 15 is 0 Å². The summed E-state index contributed by atoms with van der Waals surface area (Å²) in [7, 11) is 0. The smallest absolute Gasteiger partial charge is 0.125 e. The molecule has 1 aromatic carbocycles. The molecular formula is C15H16ClN3O. The third-order valence-electron chi connectivity index (χ3n) is 3.56. The summed E-state index contributed by atoms with van der Waals surface area (Å²) >= 11 is 6.18. The van der Waals surface area contributed by atoms with Gasteiger partial charge in [0.25, 0.3) is 0 Å². The SMILES string of the molecule is NNC(Cc1cc(Cl)cc2c1OCC2)c1ccncc1. The van der Waals surface area contributed by atoms with E-state index in [1.807, 2.05) is 24.3 Å². The number of pyridine rings is 1. The minimum absolute atomic E-state index is 0.00441. The number of nitrogens with zero attached hydrogens (tertiary/aromatic N) is 1. The summed E-state index contributed by atoms with van der Waals surface area (Å²) in [5, 5.41) is 0.745. The van der Waals surface area contributed by atoms with Crippen molar-refractivity contribution in [2.75, 3.05) is 6.61 Å². The lowest BCUT2D eigenvalue weighted by atomic mass is 9.98. The van der Waals surface area contributed by atoms with E-state index in [-0.39, 0.29) is 6.04 Å². The molecule has 4 nitrogen and oxygen atoms in total. The summed E-state index contributed by atoms with van der Waals surface area (Å²) in [6.07, 6.45) is 5.17. The largest absolute Gasteiger partial charge is 0.493 e. The molecular weight excluding hydrogens is 274 g/mol. The lowest BCUT2D eigenvalue weighted by molar-refractivity contribution is 0.351. The van der Waals surface area contributed by atoms with Crippen molar-refractivity contribution in [3.05, 3.63) is 58.4 Å². The summed E-state index contributed by atoms with van der Waals surface area (Å²) in [6, 6.07) is 7.85. The lowest BCUT2D eigenvalue weighted by Gasteiger charge is -2.18. The van der Waals surface area contributed by atoms with Crippen LogP contribution in [0.5, 0.6) is 5.75 Å². The van der Waals surface area contributed by atoms with Crippen LogP contribution < -0.4 is 16.0 Å². The third kappa shape index (κ3) is 2.63. The number of hydrogen-bond acceptors (Lipinski definition) is 4. The summed E-state index contributed by atoms with van der Waals surface area (Å²) in [6.45, 7) is 0.721. The number of halogens is 1. The molecule has 0 bridgehead atoms. The number of hydrazine groups is 1. The van der Waals surface area contributed by atoms with Gasteiger partial charge in [0.05, 0.1) is 12.6 Å². The maximum atomic E-state index is 6.18. The number of benzene rings is 1. The molecule has 5 heteroatoms. The highest BCUT2D eigenvalue weighted by Gasteiger charge is 2.20. The van der Waals surface area contributed by atoms with Gasteiger partial charge in [-0.1, -0.05) is 11.6 Å². The van der Waals surface area contributed by atoms with Gasteiger partial charge in [-0.05, 0) is 47.4 Å². The van der Waals surface area contributed by atoms with Crippen LogP contribution in [-0.4, -0.2) is 11.6 Å². The van der Waals surface area contributed by atoms with Gasteiger partial charge >= 0.3 is 0 Å². The van der Waals surface area contributed by atoms with Gasteiger partial charge < -0.3 is 4.74 Å². The molecule has 0 amide bonds. The minimum Gasteiger partial charge on any atom is -0.493 e. The van der Waals surface area contributed by atoms with Crippen LogP contribution in [0.15, 0.2) is 36.7 Å². The van der Waals surface area contributed by atoms with Crippen molar-refractivity contribution >= 4 is 11.6 Å². The van der Waals surface area contributed by atoms with Crippen LogP contribution in [0.25, 0.3) is 0 Å². The normalized spacial score (nSPS) is 14.7. The zero-order valence-electron chi connectivity index (χ0n) is 11.0. The van der Waals surface area contributed by atoms with Crippen LogP contribution in [-0.2, 0) is 12.8 Å². The van der Waals surface area contributed by atoms with E-state index in [0.717, 1.165) is 41.3 Å². The summed E-state index contributed by atoms with van der Waals surface area (Å²) < 4.78 is 5.73. The number of nitrogens with one attached hydrogen (secondary N) is 1. The summed E-state index contributed by atoms with van der Waals surface area (Å²) in [4.78, 5) is 4.03. The topological polar surface area (TPSA) is 60.2 Å². The van der Waals surface area contributed by atoms with Gasteiger partial charge in [0.1, 0.15) is 5.75 Å². The fourth-order valence-electron chi connectivity index (χ4n) is 2.59. The molecule has 1 unspecified atom stereocenters. The van der Waals surface area contributed by atoms with E-state index in [1.54, 1.807) is 12.4 Å². The molecule has 1 aliphatic heterocycles. The molecule has 104 valence electrons. The van der Waals surface area contributed by atoms with Gasteiger partial charge in [0.2, 0.25) is 0 Å². The molecule has 0 saturated heterocycles. The van der Waals surface area contributed by atoms with Crippen LogP contribution in [0.1, 0.15) is 22.7 Å². The summed E-state index contributed by atoms with van der Waals surface area (Å²) in [5.74, 6) is 6.65. The van der Waals surface area contributed by atoms with Gasteiger partial charge in [0, 0.05) is 23.8 Å². The van der Waals surface area contributed by atoms with E-state index in [9.17, 15) is 0 Å². The van der Waals surface area contributed by atoms with Crippen molar-refractivity contribution in [3.8, 4) is 5.75 Å². The molecule has 0 aliphatic carbocycles. The van der Waals surface area contributed by atoms with Crippen molar-refractivity contribution in [3.63, 3.8) is 0 Å². The molecule has 0 fully saturated rings. The van der Waals surface area contributed by atoms with Crippen LogP contribution in [0.4, 0.5) is 0 Å². The van der Waals surface area contributed by atoms with Crippen molar-refractivity contribution in [1.82, 2.24) is 10.4 Å². The second-order valence-electron chi connectivity index (χ2n) is 4.86. The van der Waals surface area contributed by atoms with Crippen molar-refractivity contribution in [1.29, 1.82) is 0 Å².